The van der Waals surface area contributed by atoms with E-state index in [0.29, 0.717) is 5.82 Å². The maximum absolute atomic E-state index is 10.4. The standard InChI is InChI=1S/C12H10N2O2S.C12H12N2S/c15-14(16)12-7-6-11(8-13-12)17-9-10-4-2-1-3-5-10;13-12-7-6-11(8-14-12)15-9-10-4-2-1-3-5-10/h1-8H,9H2;1-8H,9H2,(H2,13,14). The molecule has 0 fully saturated rings. The molecule has 0 saturated heterocycles. The number of nitrogens with two attached hydrogens (primary N) is 1. The van der Waals surface area contributed by atoms with Gasteiger partial charge in [-0.2, -0.15) is 0 Å². The Hall–Kier alpha value is -3.36. The summed E-state index contributed by atoms with van der Waals surface area (Å²) in [7, 11) is 0. The first-order valence-electron chi connectivity index (χ1n) is 9.75. The van der Waals surface area contributed by atoms with Crippen molar-refractivity contribution in [2.75, 3.05) is 5.73 Å². The van der Waals surface area contributed by atoms with Crippen LogP contribution >= 0.6 is 23.5 Å². The highest BCUT2D eigenvalue weighted by molar-refractivity contribution is 7.98. The van der Waals surface area contributed by atoms with Crippen LogP contribution in [0.25, 0.3) is 0 Å². The van der Waals surface area contributed by atoms with E-state index in [2.05, 4.69) is 34.2 Å². The summed E-state index contributed by atoms with van der Waals surface area (Å²) in [6.45, 7) is 0. The van der Waals surface area contributed by atoms with E-state index >= 15 is 0 Å². The molecule has 0 spiro atoms. The van der Waals surface area contributed by atoms with Crippen LogP contribution in [0.5, 0.6) is 0 Å². The summed E-state index contributed by atoms with van der Waals surface area (Å²) < 4.78 is 0. The highest BCUT2D eigenvalue weighted by atomic mass is 32.2. The number of hydrogen-bond acceptors (Lipinski definition) is 7. The first-order chi connectivity index (χ1) is 15.6. The van der Waals surface area contributed by atoms with Gasteiger partial charge in [-0.3, -0.25) is 0 Å². The summed E-state index contributed by atoms with van der Waals surface area (Å²) in [5, 5.41) is 10.4. The van der Waals surface area contributed by atoms with Gasteiger partial charge in [-0.05, 0) is 39.2 Å². The second kappa shape index (κ2) is 12.5. The van der Waals surface area contributed by atoms with Gasteiger partial charge >= 0.3 is 5.82 Å². The molecule has 0 aliphatic rings. The third-order valence-electron chi connectivity index (χ3n) is 4.16. The van der Waals surface area contributed by atoms with Crippen LogP contribution in [0.3, 0.4) is 0 Å². The fraction of sp³-hybridized carbons (Fsp3) is 0.0833. The van der Waals surface area contributed by atoms with Crippen molar-refractivity contribution in [3.8, 4) is 0 Å². The van der Waals surface area contributed by atoms with Crippen molar-refractivity contribution < 1.29 is 4.92 Å². The number of benzene rings is 2. The Balaban J connectivity index is 0.000000182. The van der Waals surface area contributed by atoms with E-state index in [0.717, 1.165) is 21.3 Å². The number of hydrogen-bond donors (Lipinski definition) is 1. The van der Waals surface area contributed by atoms with Gasteiger partial charge in [0.25, 0.3) is 0 Å². The number of anilines is 1. The molecule has 0 saturated carbocycles. The van der Waals surface area contributed by atoms with Gasteiger partial charge < -0.3 is 15.8 Å². The van der Waals surface area contributed by atoms with Crippen molar-refractivity contribution in [2.24, 2.45) is 0 Å². The van der Waals surface area contributed by atoms with E-state index in [9.17, 15) is 10.1 Å². The first kappa shape index (κ1) is 23.3. The number of pyridine rings is 2. The Morgan fingerprint density at radius 1 is 0.719 bits per heavy atom. The van der Waals surface area contributed by atoms with Crippen molar-refractivity contribution in [3.63, 3.8) is 0 Å². The van der Waals surface area contributed by atoms with Crippen LogP contribution in [-0.2, 0) is 11.5 Å². The lowest BCUT2D eigenvalue weighted by molar-refractivity contribution is -0.389. The highest BCUT2D eigenvalue weighted by Crippen LogP contribution is 2.23. The molecule has 4 rings (SSSR count). The summed E-state index contributed by atoms with van der Waals surface area (Å²) in [5.41, 5.74) is 8.05. The molecule has 0 aliphatic heterocycles. The van der Waals surface area contributed by atoms with Gasteiger partial charge in [0.1, 0.15) is 5.82 Å². The second-order valence-corrected chi connectivity index (χ2v) is 8.67. The SMILES string of the molecule is Nc1ccc(SCc2ccccc2)cn1.O=[N+]([O-])c1ccc(SCc2ccccc2)cn1. The van der Waals surface area contributed by atoms with Crippen LogP contribution in [0, 0.1) is 10.1 Å². The van der Waals surface area contributed by atoms with Crippen LogP contribution in [0.2, 0.25) is 0 Å². The van der Waals surface area contributed by atoms with E-state index in [4.69, 9.17) is 5.73 Å². The third-order valence-corrected chi connectivity index (χ3v) is 6.27. The lowest BCUT2D eigenvalue weighted by atomic mass is 10.2. The smallest absolute Gasteiger partial charge is 0.363 e. The van der Waals surface area contributed by atoms with Gasteiger partial charge in [0, 0.05) is 28.7 Å². The molecular formula is C24H22N4O2S2. The van der Waals surface area contributed by atoms with Crippen molar-refractivity contribution >= 4 is 35.2 Å². The van der Waals surface area contributed by atoms with Crippen molar-refractivity contribution in [3.05, 3.63) is 119 Å². The Morgan fingerprint density at radius 3 is 1.62 bits per heavy atom. The van der Waals surface area contributed by atoms with Crippen LogP contribution in [0.4, 0.5) is 11.6 Å². The lowest BCUT2D eigenvalue weighted by Gasteiger charge is -2.01. The maximum atomic E-state index is 10.4. The Morgan fingerprint density at radius 2 is 1.22 bits per heavy atom. The molecule has 8 heteroatoms. The molecule has 6 nitrogen and oxygen atoms in total. The van der Waals surface area contributed by atoms with Gasteiger partial charge in [0.15, 0.2) is 6.20 Å². The molecule has 2 heterocycles. The van der Waals surface area contributed by atoms with E-state index in [1.165, 1.54) is 23.4 Å². The van der Waals surface area contributed by atoms with Crippen molar-refractivity contribution in [2.45, 2.75) is 21.3 Å². The van der Waals surface area contributed by atoms with Crippen LogP contribution in [0.1, 0.15) is 11.1 Å². The van der Waals surface area contributed by atoms with Crippen molar-refractivity contribution in [1.29, 1.82) is 0 Å². The minimum atomic E-state index is -0.494. The van der Waals surface area contributed by atoms with Gasteiger partial charge in [-0.1, -0.05) is 60.7 Å². The fourth-order valence-electron chi connectivity index (χ4n) is 2.52. The average Bonchev–Trinajstić information content (AvgIpc) is 2.84. The molecule has 32 heavy (non-hydrogen) atoms. The number of aromatic nitrogens is 2. The summed E-state index contributed by atoms with van der Waals surface area (Å²) in [6.07, 6.45) is 3.34. The average molecular weight is 463 g/mol. The molecule has 0 amide bonds. The Bertz CT molecular complexity index is 1090. The molecule has 0 bridgehead atoms. The zero-order valence-electron chi connectivity index (χ0n) is 17.2. The number of rotatable bonds is 7. The number of nitrogen functional groups attached to an aromatic ring is 1. The molecule has 0 radical (unpaired) electrons. The molecule has 0 unspecified atom stereocenters. The Labute approximate surface area is 195 Å². The predicted molar refractivity (Wildman–Crippen MR) is 132 cm³/mol. The minimum Gasteiger partial charge on any atom is -0.384 e. The van der Waals surface area contributed by atoms with Gasteiger partial charge in [0.2, 0.25) is 0 Å². The second-order valence-electron chi connectivity index (χ2n) is 6.58. The minimum absolute atomic E-state index is 0.117. The van der Waals surface area contributed by atoms with E-state index in [-0.39, 0.29) is 5.82 Å². The van der Waals surface area contributed by atoms with Crippen LogP contribution < -0.4 is 5.73 Å². The van der Waals surface area contributed by atoms with Gasteiger partial charge in [-0.15, -0.1) is 23.5 Å². The molecule has 2 aromatic heterocycles. The maximum Gasteiger partial charge on any atom is 0.363 e. The number of thioether (sulfide) groups is 2. The lowest BCUT2D eigenvalue weighted by Crippen LogP contribution is -1.90. The van der Waals surface area contributed by atoms with E-state index in [1.807, 2.05) is 54.7 Å². The summed E-state index contributed by atoms with van der Waals surface area (Å²) >= 11 is 3.37. The largest absolute Gasteiger partial charge is 0.384 e. The number of nitrogens with zero attached hydrogens (tertiary/aromatic N) is 3. The number of nitro groups is 1. The molecular weight excluding hydrogens is 440 g/mol. The molecule has 162 valence electrons. The van der Waals surface area contributed by atoms with E-state index < -0.39 is 4.92 Å². The molecule has 0 atom stereocenters. The zero-order chi connectivity index (χ0) is 22.6. The fourth-order valence-corrected chi connectivity index (χ4v) is 4.16. The normalized spacial score (nSPS) is 10.1. The van der Waals surface area contributed by atoms with Crippen molar-refractivity contribution in [1.82, 2.24) is 9.97 Å². The summed E-state index contributed by atoms with van der Waals surface area (Å²) in [4.78, 5) is 19.8. The topological polar surface area (TPSA) is 94.9 Å². The van der Waals surface area contributed by atoms with Gasteiger partial charge in [0.05, 0.1) is 4.90 Å². The summed E-state index contributed by atoms with van der Waals surface area (Å²) in [6, 6.07) is 27.4. The molecule has 0 aliphatic carbocycles. The molecule has 2 N–H and O–H groups in total. The Kier molecular flexibility index (Phi) is 9.09. The highest BCUT2D eigenvalue weighted by Gasteiger charge is 2.06. The van der Waals surface area contributed by atoms with Gasteiger partial charge in [-0.25, -0.2) is 4.98 Å². The van der Waals surface area contributed by atoms with E-state index in [1.54, 1.807) is 29.6 Å². The van der Waals surface area contributed by atoms with Crippen LogP contribution in [-0.4, -0.2) is 14.9 Å². The monoisotopic (exact) mass is 462 g/mol. The first-order valence-corrected chi connectivity index (χ1v) is 11.7. The zero-order valence-corrected chi connectivity index (χ0v) is 18.8. The third kappa shape index (κ3) is 8.05. The predicted octanol–water partition coefficient (Wildman–Crippen LogP) is 6.24. The molecule has 2 aromatic carbocycles. The summed E-state index contributed by atoms with van der Waals surface area (Å²) in [5.74, 6) is 2.25. The van der Waals surface area contributed by atoms with Crippen LogP contribution in [0.15, 0.2) is 107 Å². The molecule has 4 aromatic rings. The quantitative estimate of drug-likeness (QED) is 0.197.